The van der Waals surface area contributed by atoms with E-state index in [9.17, 15) is 9.59 Å². The summed E-state index contributed by atoms with van der Waals surface area (Å²) >= 11 is 0. The zero-order valence-electron chi connectivity index (χ0n) is 5.90. The van der Waals surface area contributed by atoms with E-state index in [4.69, 9.17) is 10.2 Å². The van der Waals surface area contributed by atoms with Crippen molar-refractivity contribution in [2.24, 2.45) is 0 Å². The van der Waals surface area contributed by atoms with Crippen molar-refractivity contribution in [2.75, 3.05) is 0 Å². The molecule has 0 aromatic heterocycles. The second-order valence-corrected chi connectivity index (χ2v) is 1.67. The fourth-order valence-electron chi connectivity index (χ4n) is 0.464. The summed E-state index contributed by atoms with van der Waals surface area (Å²) in [7, 11) is 0. The molecule has 0 aliphatic heterocycles. The van der Waals surface area contributed by atoms with Crippen LogP contribution >= 0.6 is 12.4 Å². The first-order valence-electron chi connectivity index (χ1n) is 2.74. The standard InChI is InChI=1S/C6H8O4.ClH/c1-2-4(6(9)10)3-5(7)8;/h3H,2H2,1H3,(H,7,8)(H,9,10);1H. The molecule has 0 heterocycles. The highest BCUT2D eigenvalue weighted by Crippen LogP contribution is 1.98. The van der Waals surface area contributed by atoms with Crippen molar-refractivity contribution in [3.8, 4) is 0 Å². The maximum atomic E-state index is 10.1. The molecule has 0 aliphatic rings. The number of rotatable bonds is 3. The third kappa shape index (κ3) is 5.42. The van der Waals surface area contributed by atoms with E-state index in [1.807, 2.05) is 0 Å². The molecule has 0 saturated carbocycles. The Morgan fingerprint density at radius 1 is 1.36 bits per heavy atom. The largest absolute Gasteiger partial charge is 0.478 e. The van der Waals surface area contributed by atoms with Gasteiger partial charge in [-0.3, -0.25) is 0 Å². The van der Waals surface area contributed by atoms with E-state index in [0.717, 1.165) is 0 Å². The molecule has 0 unspecified atom stereocenters. The first kappa shape index (κ1) is 12.6. The van der Waals surface area contributed by atoms with Crippen LogP contribution in [-0.2, 0) is 9.59 Å². The molecule has 0 fully saturated rings. The lowest BCUT2D eigenvalue weighted by Gasteiger charge is -1.92. The minimum atomic E-state index is -1.22. The van der Waals surface area contributed by atoms with Gasteiger partial charge in [0.1, 0.15) is 0 Å². The van der Waals surface area contributed by atoms with E-state index in [1.165, 1.54) is 0 Å². The van der Waals surface area contributed by atoms with Crippen molar-refractivity contribution in [1.29, 1.82) is 0 Å². The molecule has 0 atom stereocenters. The molecule has 0 radical (unpaired) electrons. The van der Waals surface area contributed by atoms with Crippen molar-refractivity contribution >= 4 is 24.3 Å². The molecule has 4 nitrogen and oxygen atoms in total. The number of hydrogen-bond acceptors (Lipinski definition) is 2. The summed E-state index contributed by atoms with van der Waals surface area (Å²) in [5.74, 6) is -2.40. The van der Waals surface area contributed by atoms with Gasteiger partial charge in [0.2, 0.25) is 0 Å². The average molecular weight is 181 g/mol. The van der Waals surface area contributed by atoms with Crippen molar-refractivity contribution in [3.05, 3.63) is 11.6 Å². The van der Waals surface area contributed by atoms with E-state index in [-0.39, 0.29) is 24.4 Å². The maximum Gasteiger partial charge on any atom is 0.331 e. The van der Waals surface area contributed by atoms with Gasteiger partial charge in [0.25, 0.3) is 0 Å². The lowest BCUT2D eigenvalue weighted by atomic mass is 10.2. The van der Waals surface area contributed by atoms with E-state index in [2.05, 4.69) is 0 Å². The van der Waals surface area contributed by atoms with Crippen LogP contribution in [-0.4, -0.2) is 22.2 Å². The summed E-state index contributed by atoms with van der Waals surface area (Å²) in [4.78, 5) is 20.1. The lowest BCUT2D eigenvalue weighted by molar-refractivity contribution is -0.135. The number of aliphatic carboxylic acids is 2. The number of carboxylic acids is 2. The monoisotopic (exact) mass is 180 g/mol. The van der Waals surface area contributed by atoms with Gasteiger partial charge in [0.05, 0.1) is 0 Å². The molecule has 64 valence electrons. The molecule has 0 spiro atoms. The summed E-state index contributed by atoms with van der Waals surface area (Å²) in [5.41, 5.74) is -0.0903. The zero-order valence-corrected chi connectivity index (χ0v) is 6.72. The second-order valence-electron chi connectivity index (χ2n) is 1.67. The van der Waals surface area contributed by atoms with E-state index in [0.29, 0.717) is 6.08 Å². The summed E-state index contributed by atoms with van der Waals surface area (Å²) in [6.07, 6.45) is 0.921. The number of hydrogen-bond donors (Lipinski definition) is 2. The van der Waals surface area contributed by atoms with Crippen LogP contribution in [0.15, 0.2) is 11.6 Å². The molecule has 0 amide bonds. The van der Waals surface area contributed by atoms with Gasteiger partial charge in [-0.15, -0.1) is 12.4 Å². The molecule has 0 saturated heterocycles. The summed E-state index contributed by atoms with van der Waals surface area (Å²) in [6, 6.07) is 0. The topological polar surface area (TPSA) is 74.6 Å². The smallest absolute Gasteiger partial charge is 0.331 e. The average Bonchev–Trinajstić information content (AvgIpc) is 1.81. The van der Waals surface area contributed by atoms with E-state index >= 15 is 0 Å². The lowest BCUT2D eigenvalue weighted by Crippen LogP contribution is -2.02. The highest BCUT2D eigenvalue weighted by molar-refractivity contribution is 5.94. The zero-order chi connectivity index (χ0) is 8.15. The quantitative estimate of drug-likeness (QED) is 0.634. The molecule has 0 aliphatic carbocycles. The molecule has 0 aromatic rings. The SMILES string of the molecule is CCC(=CC(=O)O)C(=O)O.Cl. The fraction of sp³-hybridized carbons (Fsp3) is 0.333. The Kier molecular flexibility index (Phi) is 6.58. The van der Waals surface area contributed by atoms with Gasteiger partial charge in [-0.2, -0.15) is 0 Å². The molecule has 11 heavy (non-hydrogen) atoms. The van der Waals surface area contributed by atoms with Gasteiger partial charge < -0.3 is 10.2 Å². The molecule has 2 N–H and O–H groups in total. The molecule has 0 aromatic carbocycles. The van der Waals surface area contributed by atoms with Crippen molar-refractivity contribution in [2.45, 2.75) is 13.3 Å². The predicted molar refractivity (Wildman–Crippen MR) is 40.9 cm³/mol. The predicted octanol–water partition coefficient (Wildman–Crippen LogP) is 0.914. The third-order valence-corrected chi connectivity index (χ3v) is 0.953. The first-order chi connectivity index (χ1) is 4.57. The molecule has 5 heteroatoms. The Morgan fingerprint density at radius 2 is 1.82 bits per heavy atom. The highest BCUT2D eigenvalue weighted by Gasteiger charge is 2.05. The summed E-state index contributed by atoms with van der Waals surface area (Å²) in [6.45, 7) is 1.59. The van der Waals surface area contributed by atoms with Crippen LogP contribution in [0.25, 0.3) is 0 Å². The molecular weight excluding hydrogens is 172 g/mol. The minimum absolute atomic E-state index is 0. The van der Waals surface area contributed by atoms with E-state index in [1.54, 1.807) is 6.92 Å². The third-order valence-electron chi connectivity index (χ3n) is 0.953. The highest BCUT2D eigenvalue weighted by atomic mass is 35.5. The van der Waals surface area contributed by atoms with Crippen LogP contribution in [0.5, 0.6) is 0 Å². The van der Waals surface area contributed by atoms with Crippen LogP contribution in [0.2, 0.25) is 0 Å². The fourth-order valence-corrected chi connectivity index (χ4v) is 0.464. The van der Waals surface area contributed by atoms with Crippen molar-refractivity contribution < 1.29 is 19.8 Å². The van der Waals surface area contributed by atoms with Crippen molar-refractivity contribution in [3.63, 3.8) is 0 Å². The van der Waals surface area contributed by atoms with Crippen molar-refractivity contribution in [1.82, 2.24) is 0 Å². The number of carboxylic acid groups (broad SMARTS) is 2. The van der Waals surface area contributed by atoms with Gasteiger partial charge in [-0.05, 0) is 6.42 Å². The molecule has 0 bridgehead atoms. The van der Waals surface area contributed by atoms with Gasteiger partial charge in [-0.1, -0.05) is 6.92 Å². The second kappa shape index (κ2) is 5.73. The first-order valence-corrected chi connectivity index (χ1v) is 2.74. The number of halogens is 1. The Labute approximate surface area is 69.9 Å². The Bertz CT molecular complexity index is 185. The maximum absolute atomic E-state index is 10.1. The van der Waals surface area contributed by atoms with Crippen LogP contribution in [0, 0.1) is 0 Å². The molecular formula is C6H9ClO4. The van der Waals surface area contributed by atoms with Gasteiger partial charge in [0, 0.05) is 11.6 Å². The van der Waals surface area contributed by atoms with Crippen LogP contribution in [0.4, 0.5) is 0 Å². The molecule has 0 rings (SSSR count). The van der Waals surface area contributed by atoms with Gasteiger partial charge in [-0.25, -0.2) is 9.59 Å². The van der Waals surface area contributed by atoms with E-state index < -0.39 is 11.9 Å². The Hall–Kier alpha value is -1.03. The summed E-state index contributed by atoms with van der Waals surface area (Å²) in [5, 5.41) is 16.4. The normalized spacial score (nSPS) is 10.1. The number of carbonyl (C=O) groups is 2. The van der Waals surface area contributed by atoms with Crippen LogP contribution < -0.4 is 0 Å². The van der Waals surface area contributed by atoms with Crippen LogP contribution in [0.3, 0.4) is 0 Å². The Balaban J connectivity index is 0. The van der Waals surface area contributed by atoms with Gasteiger partial charge >= 0.3 is 11.9 Å². The van der Waals surface area contributed by atoms with Crippen LogP contribution in [0.1, 0.15) is 13.3 Å². The van der Waals surface area contributed by atoms with Gasteiger partial charge in [0.15, 0.2) is 0 Å². The Morgan fingerprint density at radius 3 is 1.91 bits per heavy atom. The minimum Gasteiger partial charge on any atom is -0.478 e. The summed E-state index contributed by atoms with van der Waals surface area (Å²) < 4.78 is 0.